The van der Waals surface area contributed by atoms with Gasteiger partial charge in [0.25, 0.3) is 5.91 Å². The monoisotopic (exact) mass is 390 g/mol. The molecule has 2 heterocycles. The van der Waals surface area contributed by atoms with E-state index in [0.29, 0.717) is 31.6 Å². The first-order chi connectivity index (χ1) is 12.4. The van der Waals surface area contributed by atoms with Crippen molar-refractivity contribution in [3.05, 3.63) is 43.2 Å². The van der Waals surface area contributed by atoms with Gasteiger partial charge in [0.1, 0.15) is 4.88 Å². The molecule has 8 heteroatoms. The quantitative estimate of drug-likeness (QED) is 0.603. The number of carbonyl (C=O) groups is 2. The Labute approximate surface area is 159 Å². The van der Waals surface area contributed by atoms with Crippen LogP contribution in [0.3, 0.4) is 0 Å². The molecule has 26 heavy (non-hydrogen) atoms. The molecule has 6 nitrogen and oxygen atoms in total. The van der Waals surface area contributed by atoms with Crippen LogP contribution in [0, 0.1) is 10.9 Å². The summed E-state index contributed by atoms with van der Waals surface area (Å²) < 4.78 is 6.88. The molecule has 2 aromatic rings. The van der Waals surface area contributed by atoms with E-state index in [1.807, 2.05) is 26.0 Å². The fraction of sp³-hybridized carbons (Fsp3) is 0.333. The third-order valence-corrected chi connectivity index (χ3v) is 5.42. The highest BCUT2D eigenvalue weighted by atomic mass is 32.1. The van der Waals surface area contributed by atoms with Gasteiger partial charge in [-0.05, 0) is 37.7 Å². The Bertz CT molecular complexity index is 1070. The van der Waals surface area contributed by atoms with Crippen LogP contribution < -0.4 is 10.6 Å². The van der Waals surface area contributed by atoms with Gasteiger partial charge in [-0.15, -0.1) is 11.3 Å². The standard InChI is InChI=1S/C18H18N2O4S2/c1-3-8-24-13(21)6-7-20-17(23)15(26-18(20)25)14-11-9-10(2)4-5-12(11)19-16(14)22/h4-5,9,23H,3,6-8H2,1-2H3. The summed E-state index contributed by atoms with van der Waals surface area (Å²) in [6, 6.07) is 5.54. The predicted octanol–water partition coefficient (Wildman–Crippen LogP) is 2.00. The van der Waals surface area contributed by atoms with Gasteiger partial charge in [-0.3, -0.25) is 14.2 Å². The first-order valence-electron chi connectivity index (χ1n) is 8.25. The van der Waals surface area contributed by atoms with Crippen LogP contribution in [0.1, 0.15) is 30.2 Å². The first kappa shape index (κ1) is 18.5. The Morgan fingerprint density at radius 3 is 2.92 bits per heavy atom. The van der Waals surface area contributed by atoms with E-state index in [9.17, 15) is 14.7 Å². The number of nitrogens with zero attached hydrogens (tertiary/aromatic N) is 2. The maximum Gasteiger partial charge on any atom is 0.307 e. The highest BCUT2D eigenvalue weighted by Crippen LogP contribution is 2.32. The van der Waals surface area contributed by atoms with Crippen molar-refractivity contribution in [2.45, 2.75) is 33.2 Å². The van der Waals surface area contributed by atoms with Crippen molar-refractivity contribution < 1.29 is 19.4 Å². The molecule has 136 valence electrons. The summed E-state index contributed by atoms with van der Waals surface area (Å²) in [5.41, 5.74) is 1.34. The molecule has 0 aliphatic carbocycles. The average molecular weight is 390 g/mol. The summed E-state index contributed by atoms with van der Waals surface area (Å²) in [7, 11) is 0. The van der Waals surface area contributed by atoms with Crippen LogP contribution in [0.25, 0.3) is 5.57 Å². The van der Waals surface area contributed by atoms with E-state index in [-0.39, 0.29) is 24.8 Å². The Morgan fingerprint density at radius 2 is 2.19 bits per heavy atom. The van der Waals surface area contributed by atoms with E-state index in [4.69, 9.17) is 17.0 Å². The molecule has 1 aliphatic rings. The summed E-state index contributed by atoms with van der Waals surface area (Å²) in [4.78, 5) is 28.5. The number of thiazole rings is 1. The third-order valence-electron chi connectivity index (χ3n) is 3.96. The number of amides is 1. The lowest BCUT2D eigenvalue weighted by molar-refractivity contribution is -0.143. The number of hydrogen-bond acceptors (Lipinski definition) is 6. The maximum atomic E-state index is 12.4. The van der Waals surface area contributed by atoms with Crippen molar-refractivity contribution in [3.8, 4) is 5.88 Å². The summed E-state index contributed by atoms with van der Waals surface area (Å²) in [6.07, 6.45) is 0.850. The zero-order valence-electron chi connectivity index (χ0n) is 14.4. The van der Waals surface area contributed by atoms with Crippen LogP contribution in [0.5, 0.6) is 5.88 Å². The van der Waals surface area contributed by atoms with E-state index < -0.39 is 5.91 Å². The van der Waals surface area contributed by atoms with Crippen molar-refractivity contribution in [2.24, 2.45) is 4.99 Å². The van der Waals surface area contributed by atoms with E-state index in [1.54, 1.807) is 6.07 Å². The lowest BCUT2D eigenvalue weighted by atomic mass is 10.1. The van der Waals surface area contributed by atoms with E-state index in [1.165, 1.54) is 4.57 Å². The van der Waals surface area contributed by atoms with E-state index >= 15 is 0 Å². The number of esters is 1. The van der Waals surface area contributed by atoms with Gasteiger partial charge in [0, 0.05) is 11.8 Å². The third kappa shape index (κ3) is 3.47. The van der Waals surface area contributed by atoms with Gasteiger partial charge in [-0.1, -0.05) is 18.6 Å². The number of hydrogen-bond donors (Lipinski definition) is 1. The maximum absolute atomic E-state index is 12.4. The Morgan fingerprint density at radius 1 is 1.42 bits per heavy atom. The van der Waals surface area contributed by atoms with Crippen LogP contribution in [-0.2, 0) is 20.9 Å². The molecule has 0 saturated carbocycles. The number of aromatic nitrogens is 1. The van der Waals surface area contributed by atoms with Crippen molar-refractivity contribution in [1.29, 1.82) is 0 Å². The normalized spacial score (nSPS) is 12.8. The summed E-state index contributed by atoms with van der Waals surface area (Å²) in [5, 5.41) is 11.9. The van der Waals surface area contributed by atoms with Crippen LogP contribution in [0.2, 0.25) is 0 Å². The zero-order chi connectivity index (χ0) is 18.8. The number of fused-ring (bicyclic) bond motifs is 1. The summed E-state index contributed by atoms with van der Waals surface area (Å²) >= 11 is 6.45. The van der Waals surface area contributed by atoms with E-state index in [0.717, 1.165) is 23.3 Å². The minimum absolute atomic E-state index is 0.0986. The van der Waals surface area contributed by atoms with Gasteiger partial charge >= 0.3 is 5.97 Å². The average Bonchev–Trinajstić information content (AvgIpc) is 3.06. The molecular formula is C18H18N2O4S2. The zero-order valence-corrected chi connectivity index (χ0v) is 16.1. The number of ether oxygens (including phenoxy) is 1. The second-order valence-electron chi connectivity index (χ2n) is 5.96. The van der Waals surface area contributed by atoms with Gasteiger partial charge in [0.15, 0.2) is 3.95 Å². The van der Waals surface area contributed by atoms with Gasteiger partial charge < -0.3 is 9.84 Å². The lowest BCUT2D eigenvalue weighted by Crippen LogP contribution is -2.23. The van der Waals surface area contributed by atoms with Crippen molar-refractivity contribution in [1.82, 2.24) is 4.57 Å². The number of benzene rings is 1. The predicted molar refractivity (Wildman–Crippen MR) is 100 cm³/mol. The molecular weight excluding hydrogens is 372 g/mol. The molecule has 1 amide bonds. The lowest BCUT2D eigenvalue weighted by Gasteiger charge is -2.06. The van der Waals surface area contributed by atoms with Crippen LogP contribution >= 0.6 is 23.6 Å². The molecule has 1 N–H and O–H groups in total. The van der Waals surface area contributed by atoms with Crippen LogP contribution in [-0.4, -0.2) is 28.2 Å². The molecule has 0 atom stereocenters. The van der Waals surface area contributed by atoms with E-state index in [2.05, 4.69) is 4.99 Å². The Hall–Kier alpha value is -2.32. The van der Waals surface area contributed by atoms with Gasteiger partial charge in [0.2, 0.25) is 5.88 Å². The van der Waals surface area contributed by atoms with Crippen LogP contribution in [0.15, 0.2) is 23.2 Å². The molecule has 0 fully saturated rings. The second kappa shape index (κ2) is 7.51. The first-order valence-corrected chi connectivity index (χ1v) is 9.47. The number of rotatable bonds is 6. The number of aromatic hydroxyl groups is 1. The minimum Gasteiger partial charge on any atom is -0.493 e. The summed E-state index contributed by atoms with van der Waals surface area (Å²) in [6.45, 7) is 4.41. The molecule has 1 aliphatic heterocycles. The van der Waals surface area contributed by atoms with Gasteiger partial charge in [-0.25, -0.2) is 4.99 Å². The van der Waals surface area contributed by atoms with Crippen molar-refractivity contribution in [2.75, 3.05) is 6.61 Å². The highest BCUT2D eigenvalue weighted by molar-refractivity contribution is 7.73. The molecule has 0 radical (unpaired) electrons. The second-order valence-corrected chi connectivity index (χ2v) is 7.60. The molecule has 0 unspecified atom stereocenters. The van der Waals surface area contributed by atoms with Gasteiger partial charge in [0.05, 0.1) is 24.0 Å². The molecule has 1 aromatic carbocycles. The minimum atomic E-state index is -0.397. The molecule has 0 bridgehead atoms. The van der Waals surface area contributed by atoms with Crippen molar-refractivity contribution in [3.63, 3.8) is 0 Å². The molecule has 0 spiro atoms. The van der Waals surface area contributed by atoms with Gasteiger partial charge in [-0.2, -0.15) is 0 Å². The molecule has 0 saturated heterocycles. The topological polar surface area (TPSA) is 80.9 Å². The van der Waals surface area contributed by atoms with Crippen molar-refractivity contribution >= 4 is 41.0 Å². The fourth-order valence-electron chi connectivity index (χ4n) is 2.70. The molecule has 1 aromatic heterocycles. The summed E-state index contributed by atoms with van der Waals surface area (Å²) in [5.74, 6) is -0.857. The smallest absolute Gasteiger partial charge is 0.307 e. The molecule has 3 rings (SSSR count). The Balaban J connectivity index is 1.98. The number of aryl methyl sites for hydroxylation is 1. The largest absolute Gasteiger partial charge is 0.493 e. The number of carbonyl (C=O) groups excluding carboxylic acids is 2. The fourth-order valence-corrected chi connectivity index (χ4v) is 4.09. The SMILES string of the molecule is CCCOC(=O)CCn1c(O)c(C2=c3cc(C)ccc3=NC2=O)sc1=S. The highest BCUT2D eigenvalue weighted by Gasteiger charge is 2.25. The Kier molecular flexibility index (Phi) is 5.33. The van der Waals surface area contributed by atoms with Crippen LogP contribution in [0.4, 0.5) is 0 Å².